The molecular weight excluding hydrogens is 229 g/mol. The Labute approximate surface area is 99.3 Å². The second kappa shape index (κ2) is 5.54. The van der Waals surface area contributed by atoms with Crippen LogP contribution in [0.4, 0.5) is 13.2 Å². The quantitative estimate of drug-likeness (QED) is 0.859. The first-order chi connectivity index (χ1) is 7.84. The second-order valence-electron chi connectivity index (χ2n) is 4.36. The normalized spacial score (nSPS) is 15.6. The Hall–Kier alpha value is -1.03. The van der Waals surface area contributed by atoms with Crippen LogP contribution in [0, 0.1) is 5.92 Å². The van der Waals surface area contributed by atoms with Gasteiger partial charge in [-0.25, -0.2) is 0 Å². The summed E-state index contributed by atoms with van der Waals surface area (Å²) in [5.41, 5.74) is -0.140. The van der Waals surface area contributed by atoms with Crippen molar-refractivity contribution in [1.29, 1.82) is 0 Å². The number of aliphatic hydroxyl groups excluding tert-OH is 1. The second-order valence-corrected chi connectivity index (χ2v) is 4.36. The molecule has 0 heterocycles. The third-order valence-electron chi connectivity index (χ3n) is 3.00. The van der Waals surface area contributed by atoms with E-state index in [1.807, 2.05) is 13.8 Å². The van der Waals surface area contributed by atoms with Crippen molar-refractivity contribution in [3.8, 4) is 0 Å². The lowest BCUT2D eigenvalue weighted by molar-refractivity contribution is -0.137. The van der Waals surface area contributed by atoms with Gasteiger partial charge in [-0.15, -0.1) is 0 Å². The predicted molar refractivity (Wildman–Crippen MR) is 60.6 cm³/mol. The van der Waals surface area contributed by atoms with Gasteiger partial charge in [-0.05, 0) is 24.0 Å². The minimum atomic E-state index is -4.32. The third kappa shape index (κ3) is 4.04. The van der Waals surface area contributed by atoms with Gasteiger partial charge in [0.1, 0.15) is 0 Å². The van der Waals surface area contributed by atoms with Crippen LogP contribution in [0.2, 0.25) is 0 Å². The fraction of sp³-hybridized carbons (Fsp3) is 0.538. The first-order valence-electron chi connectivity index (χ1n) is 5.68. The summed E-state index contributed by atoms with van der Waals surface area (Å²) in [4.78, 5) is 0. The number of alkyl halides is 3. The van der Waals surface area contributed by atoms with Crippen LogP contribution in [0.25, 0.3) is 0 Å². The molecule has 0 aliphatic carbocycles. The number of hydrogen-bond acceptors (Lipinski definition) is 1. The summed E-state index contributed by atoms with van der Waals surface area (Å²) in [7, 11) is 0. The average Bonchev–Trinajstić information content (AvgIpc) is 2.27. The molecule has 1 N–H and O–H groups in total. The molecule has 1 rings (SSSR count). The van der Waals surface area contributed by atoms with Crippen LogP contribution in [-0.4, -0.2) is 11.2 Å². The summed E-state index contributed by atoms with van der Waals surface area (Å²) in [6, 6.07) is 5.13. The van der Waals surface area contributed by atoms with Crippen molar-refractivity contribution in [2.24, 2.45) is 5.92 Å². The molecule has 2 unspecified atom stereocenters. The molecule has 4 heteroatoms. The highest BCUT2D eigenvalue weighted by Crippen LogP contribution is 2.30. The van der Waals surface area contributed by atoms with Crippen molar-refractivity contribution in [2.45, 2.75) is 39.0 Å². The number of aliphatic hydroxyl groups is 1. The molecule has 0 fully saturated rings. The number of halogens is 3. The van der Waals surface area contributed by atoms with Gasteiger partial charge in [0.05, 0.1) is 11.7 Å². The highest BCUT2D eigenvalue weighted by Gasteiger charge is 2.30. The van der Waals surface area contributed by atoms with Crippen molar-refractivity contribution >= 4 is 0 Å². The number of rotatable bonds is 4. The van der Waals surface area contributed by atoms with E-state index in [1.54, 1.807) is 6.07 Å². The monoisotopic (exact) mass is 246 g/mol. The highest BCUT2D eigenvalue weighted by atomic mass is 19.4. The minimum Gasteiger partial charge on any atom is -0.393 e. The van der Waals surface area contributed by atoms with Gasteiger partial charge in [0.25, 0.3) is 0 Å². The molecule has 0 radical (unpaired) electrons. The maximum Gasteiger partial charge on any atom is 0.416 e. The molecule has 0 aliphatic heterocycles. The van der Waals surface area contributed by atoms with E-state index >= 15 is 0 Å². The van der Waals surface area contributed by atoms with E-state index in [4.69, 9.17) is 0 Å². The highest BCUT2D eigenvalue weighted by molar-refractivity contribution is 5.26. The van der Waals surface area contributed by atoms with Crippen LogP contribution >= 0.6 is 0 Å². The largest absolute Gasteiger partial charge is 0.416 e. The van der Waals surface area contributed by atoms with E-state index in [2.05, 4.69) is 0 Å². The topological polar surface area (TPSA) is 20.2 Å². The third-order valence-corrected chi connectivity index (χ3v) is 3.00. The molecule has 1 aromatic rings. The van der Waals surface area contributed by atoms with Crippen LogP contribution < -0.4 is 0 Å². The van der Waals surface area contributed by atoms with E-state index in [1.165, 1.54) is 6.07 Å². The molecule has 2 atom stereocenters. The van der Waals surface area contributed by atoms with Crippen molar-refractivity contribution in [2.75, 3.05) is 0 Å². The van der Waals surface area contributed by atoms with Gasteiger partial charge in [0, 0.05) is 0 Å². The predicted octanol–water partition coefficient (Wildman–Crippen LogP) is 3.65. The van der Waals surface area contributed by atoms with Crippen molar-refractivity contribution in [3.05, 3.63) is 35.4 Å². The van der Waals surface area contributed by atoms with Gasteiger partial charge in [0.15, 0.2) is 0 Å². The zero-order valence-electron chi connectivity index (χ0n) is 9.96. The molecule has 0 spiro atoms. The van der Waals surface area contributed by atoms with Crippen LogP contribution in [0.5, 0.6) is 0 Å². The molecule has 1 aromatic carbocycles. The van der Waals surface area contributed by atoms with E-state index in [9.17, 15) is 18.3 Å². The zero-order valence-corrected chi connectivity index (χ0v) is 9.96. The van der Waals surface area contributed by atoms with E-state index in [0.29, 0.717) is 5.56 Å². The molecule has 0 aromatic heterocycles. The molecule has 96 valence electrons. The molecule has 0 bridgehead atoms. The lowest BCUT2D eigenvalue weighted by Gasteiger charge is -2.17. The van der Waals surface area contributed by atoms with E-state index in [0.717, 1.165) is 18.6 Å². The molecule has 1 nitrogen and oxygen atoms in total. The number of hydrogen-bond donors (Lipinski definition) is 1. The van der Waals surface area contributed by atoms with Crippen molar-refractivity contribution < 1.29 is 18.3 Å². The summed E-state index contributed by atoms with van der Waals surface area (Å²) in [6.45, 7) is 3.83. The minimum absolute atomic E-state index is 0.0875. The maximum atomic E-state index is 12.5. The Morgan fingerprint density at radius 2 is 1.94 bits per heavy atom. The average molecular weight is 246 g/mol. The van der Waals surface area contributed by atoms with Crippen LogP contribution in [0.3, 0.4) is 0 Å². The van der Waals surface area contributed by atoms with Gasteiger partial charge < -0.3 is 5.11 Å². The Morgan fingerprint density at radius 3 is 2.47 bits per heavy atom. The molecule has 0 aliphatic rings. The summed E-state index contributed by atoms with van der Waals surface area (Å²) in [5.74, 6) is 0.0875. The smallest absolute Gasteiger partial charge is 0.393 e. The summed E-state index contributed by atoms with van der Waals surface area (Å²) in [6.07, 6.45) is -3.85. The Balaban J connectivity index is 2.79. The fourth-order valence-corrected chi connectivity index (χ4v) is 1.59. The van der Waals surface area contributed by atoms with Crippen LogP contribution in [0.15, 0.2) is 24.3 Å². The van der Waals surface area contributed by atoms with Crippen LogP contribution in [0.1, 0.15) is 31.4 Å². The summed E-state index contributed by atoms with van der Waals surface area (Å²) >= 11 is 0. The molecule has 0 amide bonds. The van der Waals surface area contributed by atoms with Gasteiger partial charge in [-0.1, -0.05) is 38.5 Å². The molecule has 0 saturated carbocycles. The molecule has 0 saturated heterocycles. The van der Waals surface area contributed by atoms with Gasteiger partial charge in [0.2, 0.25) is 0 Å². The fourth-order valence-electron chi connectivity index (χ4n) is 1.59. The van der Waals surface area contributed by atoms with Gasteiger partial charge >= 0.3 is 6.18 Å². The lowest BCUT2D eigenvalue weighted by atomic mass is 9.95. The van der Waals surface area contributed by atoms with E-state index < -0.39 is 17.8 Å². The Bertz CT molecular complexity index is 360. The van der Waals surface area contributed by atoms with Crippen molar-refractivity contribution in [3.63, 3.8) is 0 Å². The summed E-state index contributed by atoms with van der Waals surface area (Å²) in [5, 5.41) is 9.78. The van der Waals surface area contributed by atoms with Crippen molar-refractivity contribution in [1.82, 2.24) is 0 Å². The number of benzene rings is 1. The first kappa shape index (κ1) is 14.0. The Morgan fingerprint density at radius 1 is 1.29 bits per heavy atom. The van der Waals surface area contributed by atoms with Gasteiger partial charge in [-0.2, -0.15) is 13.2 Å². The molecule has 17 heavy (non-hydrogen) atoms. The molecular formula is C13H17F3O. The lowest BCUT2D eigenvalue weighted by Crippen LogP contribution is -2.20. The standard InChI is InChI=1S/C13H17F3O/c1-3-9(2)12(17)8-10-5-4-6-11(7-10)13(14,15)16/h4-7,9,12,17H,3,8H2,1-2H3. The SMILES string of the molecule is CCC(C)C(O)Cc1cccc(C(F)(F)F)c1. The zero-order chi connectivity index (χ0) is 13.1. The maximum absolute atomic E-state index is 12.5. The van der Waals surface area contributed by atoms with E-state index in [-0.39, 0.29) is 12.3 Å². The first-order valence-corrected chi connectivity index (χ1v) is 5.68. The Kier molecular flexibility index (Phi) is 4.57. The van der Waals surface area contributed by atoms with Crippen LogP contribution in [-0.2, 0) is 12.6 Å². The summed E-state index contributed by atoms with van der Waals surface area (Å²) < 4.78 is 37.4. The van der Waals surface area contributed by atoms with Gasteiger partial charge in [-0.3, -0.25) is 0 Å².